The van der Waals surface area contributed by atoms with Gasteiger partial charge in [-0.1, -0.05) is 0 Å². The molecule has 0 saturated heterocycles. The summed E-state index contributed by atoms with van der Waals surface area (Å²) in [6.45, 7) is 1.23. The molecule has 0 fully saturated rings. The monoisotopic (exact) mass is 268 g/mol. The molecule has 2 heterocycles. The first-order chi connectivity index (χ1) is 8.65. The Balaban J connectivity index is 2.29. The Bertz CT molecular complexity index is 468. The Hall–Kier alpha value is -1.29. The van der Waals surface area contributed by atoms with Crippen LogP contribution in [0, 0.1) is 0 Å². The highest BCUT2D eigenvalue weighted by Crippen LogP contribution is 2.20. The molecule has 0 aromatic carbocycles. The van der Waals surface area contributed by atoms with E-state index in [9.17, 15) is 9.59 Å². The van der Waals surface area contributed by atoms with Crippen molar-refractivity contribution in [1.29, 1.82) is 0 Å². The van der Waals surface area contributed by atoms with Gasteiger partial charge in [-0.15, -0.1) is 11.6 Å². The summed E-state index contributed by atoms with van der Waals surface area (Å²) < 4.78 is 1.88. The van der Waals surface area contributed by atoms with Crippen molar-refractivity contribution in [1.82, 2.24) is 9.47 Å². The number of amides is 1. The number of fused-ring (bicyclic) bond motifs is 1. The van der Waals surface area contributed by atoms with Crippen LogP contribution in [0.1, 0.15) is 40.1 Å². The molecule has 18 heavy (non-hydrogen) atoms. The lowest BCUT2D eigenvalue weighted by Gasteiger charge is -2.15. The number of Topliss-reactive ketones (excluding diaryl/α,β-unsaturated/α-hetero) is 1. The molecule has 1 amide bonds. The molecule has 1 aromatic rings. The second kappa shape index (κ2) is 5.57. The summed E-state index contributed by atoms with van der Waals surface area (Å²) in [6.07, 6.45) is 4.05. The molecule has 0 atom stereocenters. The van der Waals surface area contributed by atoms with Crippen molar-refractivity contribution >= 4 is 23.3 Å². The van der Waals surface area contributed by atoms with Gasteiger partial charge in [0.05, 0.1) is 0 Å². The van der Waals surface area contributed by atoms with E-state index < -0.39 is 0 Å². The van der Waals surface area contributed by atoms with Gasteiger partial charge in [0.15, 0.2) is 5.78 Å². The second-order valence-electron chi connectivity index (χ2n) is 4.57. The number of hydrogen-bond acceptors (Lipinski definition) is 2. The van der Waals surface area contributed by atoms with Crippen molar-refractivity contribution in [2.45, 2.75) is 25.8 Å². The van der Waals surface area contributed by atoms with Gasteiger partial charge in [0.1, 0.15) is 5.69 Å². The first-order valence-electron chi connectivity index (χ1n) is 6.19. The van der Waals surface area contributed by atoms with E-state index in [1.165, 1.54) is 0 Å². The summed E-state index contributed by atoms with van der Waals surface area (Å²) >= 11 is 5.65. The highest BCUT2D eigenvalue weighted by molar-refractivity contribution is 6.17. The molecule has 0 saturated carbocycles. The van der Waals surface area contributed by atoms with Gasteiger partial charge in [-0.3, -0.25) is 9.59 Å². The molecule has 0 radical (unpaired) electrons. The summed E-state index contributed by atoms with van der Waals surface area (Å²) in [7, 11) is 1.74. The van der Waals surface area contributed by atoms with E-state index in [2.05, 4.69) is 0 Å². The van der Waals surface area contributed by atoms with E-state index in [1.807, 2.05) is 10.8 Å². The van der Waals surface area contributed by atoms with Crippen molar-refractivity contribution in [3.05, 3.63) is 23.5 Å². The van der Waals surface area contributed by atoms with Crippen LogP contribution < -0.4 is 0 Å². The van der Waals surface area contributed by atoms with Crippen LogP contribution in [0.15, 0.2) is 12.3 Å². The molecule has 5 heteroatoms. The third-order valence-corrected chi connectivity index (χ3v) is 3.54. The van der Waals surface area contributed by atoms with Crippen LogP contribution in [0.2, 0.25) is 0 Å². The van der Waals surface area contributed by atoms with Crippen LogP contribution in [0.5, 0.6) is 0 Å². The topological polar surface area (TPSA) is 42.3 Å². The van der Waals surface area contributed by atoms with Gasteiger partial charge in [0, 0.05) is 44.2 Å². The lowest BCUT2D eigenvalue weighted by atomic mass is 10.1. The third kappa shape index (κ3) is 2.43. The Morgan fingerprint density at radius 2 is 2.11 bits per heavy atom. The maximum Gasteiger partial charge on any atom is 0.270 e. The van der Waals surface area contributed by atoms with Gasteiger partial charge in [0.25, 0.3) is 5.91 Å². The standard InChI is InChI=1S/C13H17ClN2O2/c1-15-8-5-11(17)10-4-9-16(7-3-2-6-14)12(10)13(15)18/h4,9H,2-3,5-8H2,1H3. The zero-order chi connectivity index (χ0) is 13.1. The van der Waals surface area contributed by atoms with Gasteiger partial charge in [-0.2, -0.15) is 0 Å². The quantitative estimate of drug-likeness (QED) is 0.620. The molecule has 1 aliphatic rings. The van der Waals surface area contributed by atoms with Crippen LogP contribution in [0.25, 0.3) is 0 Å². The maximum atomic E-state index is 12.2. The average Bonchev–Trinajstić information content (AvgIpc) is 2.74. The zero-order valence-corrected chi connectivity index (χ0v) is 11.2. The number of alkyl halides is 1. The van der Waals surface area contributed by atoms with E-state index in [0.29, 0.717) is 30.1 Å². The normalized spacial score (nSPS) is 15.8. The highest BCUT2D eigenvalue weighted by Gasteiger charge is 2.27. The van der Waals surface area contributed by atoms with Gasteiger partial charge in [0.2, 0.25) is 0 Å². The van der Waals surface area contributed by atoms with E-state index in [4.69, 9.17) is 11.6 Å². The summed E-state index contributed by atoms with van der Waals surface area (Å²) in [5.74, 6) is 0.612. The molecule has 0 N–H and O–H groups in total. The Morgan fingerprint density at radius 1 is 1.33 bits per heavy atom. The number of rotatable bonds is 4. The first kappa shape index (κ1) is 13.1. The van der Waals surface area contributed by atoms with E-state index in [-0.39, 0.29) is 11.7 Å². The van der Waals surface area contributed by atoms with Crippen LogP contribution >= 0.6 is 11.6 Å². The van der Waals surface area contributed by atoms with Crippen LogP contribution in [0.3, 0.4) is 0 Å². The molecule has 0 spiro atoms. The molecule has 98 valence electrons. The third-order valence-electron chi connectivity index (χ3n) is 3.27. The minimum Gasteiger partial charge on any atom is -0.343 e. The average molecular weight is 269 g/mol. The van der Waals surface area contributed by atoms with Crippen LogP contribution in [-0.2, 0) is 6.54 Å². The number of halogens is 1. The first-order valence-corrected chi connectivity index (χ1v) is 6.72. The van der Waals surface area contributed by atoms with Gasteiger partial charge in [-0.05, 0) is 18.9 Å². The number of hydrogen-bond donors (Lipinski definition) is 0. The number of aromatic nitrogens is 1. The fourth-order valence-electron chi connectivity index (χ4n) is 2.18. The van der Waals surface area contributed by atoms with Gasteiger partial charge < -0.3 is 9.47 Å². The van der Waals surface area contributed by atoms with Crippen molar-refractivity contribution in [3.8, 4) is 0 Å². The molecule has 4 nitrogen and oxygen atoms in total. The Kier molecular flexibility index (Phi) is 4.07. The minimum absolute atomic E-state index is 0.0544. The molecular weight excluding hydrogens is 252 g/mol. The lowest BCUT2D eigenvalue weighted by molar-refractivity contribution is 0.0787. The van der Waals surface area contributed by atoms with Crippen LogP contribution in [-0.4, -0.2) is 40.6 Å². The Labute approximate surface area is 112 Å². The molecule has 0 aliphatic carbocycles. The van der Waals surface area contributed by atoms with Gasteiger partial charge >= 0.3 is 0 Å². The SMILES string of the molecule is CN1CCC(=O)c2ccn(CCCCCl)c2C1=O. The maximum absolute atomic E-state index is 12.2. The van der Waals surface area contributed by atoms with E-state index in [0.717, 1.165) is 19.4 Å². The number of carbonyl (C=O) groups excluding carboxylic acids is 2. The molecule has 1 aliphatic heterocycles. The summed E-state index contributed by atoms with van der Waals surface area (Å²) in [5, 5.41) is 0. The Morgan fingerprint density at radius 3 is 2.83 bits per heavy atom. The summed E-state index contributed by atoms with van der Waals surface area (Å²) in [5.41, 5.74) is 1.10. The number of carbonyl (C=O) groups is 2. The molecule has 0 unspecified atom stereocenters. The second-order valence-corrected chi connectivity index (χ2v) is 4.95. The number of aryl methyl sites for hydroxylation is 1. The highest BCUT2D eigenvalue weighted by atomic mass is 35.5. The van der Waals surface area contributed by atoms with E-state index >= 15 is 0 Å². The fraction of sp³-hybridized carbons (Fsp3) is 0.538. The fourth-order valence-corrected chi connectivity index (χ4v) is 2.37. The summed E-state index contributed by atoms with van der Waals surface area (Å²) in [4.78, 5) is 25.8. The summed E-state index contributed by atoms with van der Waals surface area (Å²) in [6, 6.07) is 1.76. The van der Waals surface area contributed by atoms with Crippen molar-refractivity contribution in [2.24, 2.45) is 0 Å². The predicted molar refractivity (Wildman–Crippen MR) is 70.3 cm³/mol. The van der Waals surface area contributed by atoms with Crippen molar-refractivity contribution < 1.29 is 9.59 Å². The molecular formula is C13H17ClN2O2. The number of nitrogens with zero attached hydrogens (tertiary/aromatic N) is 2. The van der Waals surface area contributed by atoms with Gasteiger partial charge in [-0.25, -0.2) is 0 Å². The number of ketones is 1. The molecule has 0 bridgehead atoms. The molecule has 1 aromatic heterocycles. The molecule has 2 rings (SSSR count). The van der Waals surface area contributed by atoms with Crippen molar-refractivity contribution in [3.63, 3.8) is 0 Å². The largest absolute Gasteiger partial charge is 0.343 e. The predicted octanol–water partition coefficient (Wildman–Crippen LogP) is 2.17. The minimum atomic E-state index is -0.0632. The number of unbranched alkanes of at least 4 members (excludes halogenated alkanes) is 1. The van der Waals surface area contributed by atoms with Crippen molar-refractivity contribution in [2.75, 3.05) is 19.5 Å². The zero-order valence-electron chi connectivity index (χ0n) is 10.5. The van der Waals surface area contributed by atoms with E-state index in [1.54, 1.807) is 18.0 Å². The lowest BCUT2D eigenvalue weighted by Crippen LogP contribution is -2.28. The van der Waals surface area contributed by atoms with Crippen LogP contribution in [0.4, 0.5) is 0 Å². The smallest absolute Gasteiger partial charge is 0.270 e.